The molecule has 0 rings (SSSR count). The summed E-state index contributed by atoms with van der Waals surface area (Å²) in [5, 5.41) is 8.80. The SMILES string of the molecule is CCCCCCCCCCCCCC[N+](C)(C)CCCCCCO.[Br-]. The predicted molar refractivity (Wildman–Crippen MR) is 108 cm³/mol. The number of rotatable bonds is 19. The van der Waals surface area contributed by atoms with E-state index in [4.69, 9.17) is 5.11 Å². The van der Waals surface area contributed by atoms with Gasteiger partial charge in [0.2, 0.25) is 0 Å². The van der Waals surface area contributed by atoms with Gasteiger partial charge in [0.05, 0.1) is 27.2 Å². The lowest BCUT2D eigenvalue weighted by Gasteiger charge is -2.30. The normalized spacial score (nSPS) is 11.5. The average molecular weight is 423 g/mol. The molecule has 0 bridgehead atoms. The summed E-state index contributed by atoms with van der Waals surface area (Å²) >= 11 is 0. The minimum atomic E-state index is 0. The van der Waals surface area contributed by atoms with E-state index in [1.165, 1.54) is 114 Å². The highest BCUT2D eigenvalue weighted by Crippen LogP contribution is 2.13. The summed E-state index contributed by atoms with van der Waals surface area (Å²) in [7, 11) is 4.76. The van der Waals surface area contributed by atoms with Crippen molar-refractivity contribution in [1.29, 1.82) is 0 Å². The Kier molecular flexibility index (Phi) is 22.9. The number of hydrogen-bond acceptors (Lipinski definition) is 1. The standard InChI is InChI=1S/C22H48NO.BrH/c1-4-5-6-7-8-9-10-11-12-13-14-17-20-23(2,3)21-18-15-16-19-22-24;/h24H,4-22H2,1-3H3;1H/q+1;/p-1. The fourth-order valence-electron chi connectivity index (χ4n) is 3.50. The van der Waals surface area contributed by atoms with E-state index in [-0.39, 0.29) is 17.0 Å². The van der Waals surface area contributed by atoms with Crippen molar-refractivity contribution in [2.75, 3.05) is 33.8 Å². The van der Waals surface area contributed by atoms with Crippen LogP contribution in [0.3, 0.4) is 0 Å². The molecule has 0 fully saturated rings. The summed E-state index contributed by atoms with van der Waals surface area (Å²) in [6.07, 6.45) is 22.0. The largest absolute Gasteiger partial charge is 1.00 e. The number of unbranched alkanes of at least 4 members (excludes halogenated alkanes) is 14. The smallest absolute Gasteiger partial charge is 0.0782 e. The zero-order valence-corrected chi connectivity index (χ0v) is 19.3. The molecule has 0 aliphatic carbocycles. The van der Waals surface area contributed by atoms with Gasteiger partial charge in [0.15, 0.2) is 0 Å². The van der Waals surface area contributed by atoms with Gasteiger partial charge in [-0.1, -0.05) is 77.6 Å². The molecule has 0 spiro atoms. The van der Waals surface area contributed by atoms with Gasteiger partial charge in [0, 0.05) is 6.61 Å². The van der Waals surface area contributed by atoms with E-state index >= 15 is 0 Å². The van der Waals surface area contributed by atoms with Crippen molar-refractivity contribution >= 4 is 0 Å². The molecule has 0 unspecified atom stereocenters. The lowest BCUT2D eigenvalue weighted by atomic mass is 10.1. The molecule has 0 heterocycles. The number of quaternary nitrogens is 1. The van der Waals surface area contributed by atoms with Crippen LogP contribution in [-0.4, -0.2) is 43.4 Å². The molecule has 0 amide bonds. The van der Waals surface area contributed by atoms with Crippen molar-refractivity contribution in [3.63, 3.8) is 0 Å². The Hall–Kier alpha value is 0.400. The first-order chi connectivity index (χ1) is 11.6. The zero-order valence-electron chi connectivity index (χ0n) is 17.7. The van der Waals surface area contributed by atoms with E-state index in [9.17, 15) is 0 Å². The molecular formula is C22H48BrNO. The van der Waals surface area contributed by atoms with E-state index < -0.39 is 0 Å². The monoisotopic (exact) mass is 421 g/mol. The van der Waals surface area contributed by atoms with Crippen LogP contribution in [0, 0.1) is 0 Å². The molecule has 1 N–H and O–H groups in total. The molecule has 0 saturated heterocycles. The van der Waals surface area contributed by atoms with Gasteiger partial charge in [-0.05, 0) is 32.1 Å². The third-order valence-electron chi connectivity index (χ3n) is 5.29. The topological polar surface area (TPSA) is 20.2 Å². The Morgan fingerprint density at radius 3 is 1.20 bits per heavy atom. The van der Waals surface area contributed by atoms with E-state index in [1.54, 1.807) is 0 Å². The summed E-state index contributed by atoms with van der Waals surface area (Å²) in [6, 6.07) is 0. The highest BCUT2D eigenvalue weighted by molar-refractivity contribution is 4.49. The third kappa shape index (κ3) is 22.4. The number of hydrogen-bond donors (Lipinski definition) is 1. The molecule has 154 valence electrons. The zero-order chi connectivity index (χ0) is 17.9. The molecule has 0 aromatic carbocycles. The van der Waals surface area contributed by atoms with Crippen molar-refractivity contribution < 1.29 is 26.6 Å². The van der Waals surface area contributed by atoms with Crippen LogP contribution in [0.5, 0.6) is 0 Å². The molecule has 0 aliphatic heterocycles. The summed E-state index contributed by atoms with van der Waals surface area (Å²) in [5.74, 6) is 0. The Labute approximate surface area is 170 Å². The van der Waals surface area contributed by atoms with E-state index in [0.29, 0.717) is 6.61 Å². The second kappa shape index (κ2) is 20.7. The predicted octanol–water partition coefficient (Wildman–Crippen LogP) is 3.32. The molecule has 0 radical (unpaired) electrons. The van der Waals surface area contributed by atoms with Crippen molar-refractivity contribution in [2.24, 2.45) is 0 Å². The summed E-state index contributed by atoms with van der Waals surface area (Å²) in [4.78, 5) is 0. The molecule has 3 heteroatoms. The first kappa shape index (κ1) is 27.6. The minimum Gasteiger partial charge on any atom is -1.00 e. The van der Waals surface area contributed by atoms with Crippen LogP contribution < -0.4 is 17.0 Å². The maximum atomic E-state index is 8.80. The van der Waals surface area contributed by atoms with Crippen LogP contribution in [0.4, 0.5) is 0 Å². The lowest BCUT2D eigenvalue weighted by molar-refractivity contribution is -0.890. The summed E-state index contributed by atoms with van der Waals surface area (Å²) in [6.45, 7) is 5.28. The van der Waals surface area contributed by atoms with Crippen LogP contribution in [0.15, 0.2) is 0 Å². The first-order valence-corrected chi connectivity index (χ1v) is 11.1. The quantitative estimate of drug-likeness (QED) is 0.250. The lowest BCUT2D eigenvalue weighted by Crippen LogP contribution is -3.00. The van der Waals surface area contributed by atoms with Crippen LogP contribution in [0.2, 0.25) is 0 Å². The van der Waals surface area contributed by atoms with Crippen LogP contribution in [0.25, 0.3) is 0 Å². The molecule has 0 saturated carbocycles. The second-order valence-electron chi connectivity index (χ2n) is 8.41. The fourth-order valence-corrected chi connectivity index (χ4v) is 3.50. The molecule has 0 aromatic heterocycles. The van der Waals surface area contributed by atoms with Crippen molar-refractivity contribution in [2.45, 2.75) is 110 Å². The van der Waals surface area contributed by atoms with Crippen molar-refractivity contribution in [3.05, 3.63) is 0 Å². The molecule has 0 aromatic rings. The van der Waals surface area contributed by atoms with E-state index in [1.807, 2.05) is 0 Å². The summed E-state index contributed by atoms with van der Waals surface area (Å²) in [5.41, 5.74) is 0. The number of nitrogens with zero attached hydrogens (tertiary/aromatic N) is 1. The molecular weight excluding hydrogens is 374 g/mol. The average Bonchev–Trinajstić information content (AvgIpc) is 2.55. The van der Waals surface area contributed by atoms with Crippen molar-refractivity contribution in [3.8, 4) is 0 Å². The number of aliphatic hydroxyl groups is 1. The van der Waals surface area contributed by atoms with Crippen LogP contribution in [0.1, 0.15) is 110 Å². The van der Waals surface area contributed by atoms with Gasteiger partial charge < -0.3 is 26.6 Å². The van der Waals surface area contributed by atoms with Crippen molar-refractivity contribution in [1.82, 2.24) is 0 Å². The Morgan fingerprint density at radius 1 is 0.520 bits per heavy atom. The number of aliphatic hydroxyl groups excluding tert-OH is 1. The van der Waals surface area contributed by atoms with Gasteiger partial charge in [-0.3, -0.25) is 0 Å². The molecule has 0 atom stereocenters. The maximum Gasteiger partial charge on any atom is 0.0782 e. The van der Waals surface area contributed by atoms with Gasteiger partial charge in [-0.2, -0.15) is 0 Å². The highest BCUT2D eigenvalue weighted by atomic mass is 79.9. The third-order valence-corrected chi connectivity index (χ3v) is 5.29. The van der Waals surface area contributed by atoms with Gasteiger partial charge in [-0.25, -0.2) is 0 Å². The van der Waals surface area contributed by atoms with Gasteiger partial charge in [-0.15, -0.1) is 0 Å². The van der Waals surface area contributed by atoms with Crippen LogP contribution in [-0.2, 0) is 0 Å². The number of halogens is 1. The second-order valence-corrected chi connectivity index (χ2v) is 8.41. The van der Waals surface area contributed by atoms with Gasteiger partial charge >= 0.3 is 0 Å². The Bertz CT molecular complexity index is 246. The molecule has 25 heavy (non-hydrogen) atoms. The van der Waals surface area contributed by atoms with Gasteiger partial charge in [0.25, 0.3) is 0 Å². The Morgan fingerprint density at radius 2 is 0.840 bits per heavy atom. The molecule has 0 aliphatic rings. The first-order valence-electron chi connectivity index (χ1n) is 11.1. The Balaban J connectivity index is 0. The minimum absolute atomic E-state index is 0. The summed E-state index contributed by atoms with van der Waals surface area (Å²) < 4.78 is 1.18. The highest BCUT2D eigenvalue weighted by Gasteiger charge is 2.13. The molecule has 2 nitrogen and oxygen atoms in total. The van der Waals surface area contributed by atoms with E-state index in [2.05, 4.69) is 21.0 Å². The van der Waals surface area contributed by atoms with E-state index in [0.717, 1.165) is 6.42 Å². The van der Waals surface area contributed by atoms with Crippen LogP contribution >= 0.6 is 0 Å². The maximum absolute atomic E-state index is 8.80. The fraction of sp³-hybridized carbons (Fsp3) is 1.00. The van der Waals surface area contributed by atoms with Gasteiger partial charge in [0.1, 0.15) is 0 Å².